The van der Waals surface area contributed by atoms with E-state index in [0.717, 1.165) is 0 Å². The number of nitrogens with zero attached hydrogens (tertiary/aromatic N) is 1. The molecule has 0 heterocycles. The topological polar surface area (TPSA) is 29.5 Å². The minimum atomic E-state index is -0.546. The third-order valence-electron chi connectivity index (χ3n) is 2.64. The molecule has 18 heavy (non-hydrogen) atoms. The number of halogens is 2. The van der Waals surface area contributed by atoms with E-state index in [0.29, 0.717) is 19.4 Å². The van der Waals surface area contributed by atoms with Gasteiger partial charge in [-0.25, -0.2) is 8.78 Å². The SMILES string of the molecule is COC(=O)CCCN(C)Cc1c(F)cccc1F. The zero-order valence-electron chi connectivity index (χ0n) is 10.6. The molecule has 0 spiro atoms. The number of carbonyl (C=O) groups excluding carboxylic acids is 1. The van der Waals surface area contributed by atoms with Crippen molar-refractivity contribution in [3.8, 4) is 0 Å². The summed E-state index contributed by atoms with van der Waals surface area (Å²) in [5.74, 6) is -1.37. The van der Waals surface area contributed by atoms with Gasteiger partial charge in [0.25, 0.3) is 0 Å². The van der Waals surface area contributed by atoms with Gasteiger partial charge in [-0.3, -0.25) is 4.79 Å². The van der Waals surface area contributed by atoms with E-state index in [9.17, 15) is 13.6 Å². The number of hydrogen-bond acceptors (Lipinski definition) is 3. The van der Waals surface area contributed by atoms with E-state index < -0.39 is 11.6 Å². The molecule has 0 aliphatic heterocycles. The highest BCUT2D eigenvalue weighted by atomic mass is 19.1. The fourth-order valence-corrected chi connectivity index (χ4v) is 1.63. The van der Waals surface area contributed by atoms with Gasteiger partial charge in [0.05, 0.1) is 7.11 Å². The molecule has 0 aromatic heterocycles. The summed E-state index contributed by atoms with van der Waals surface area (Å²) in [5, 5.41) is 0. The zero-order valence-corrected chi connectivity index (χ0v) is 10.6. The van der Waals surface area contributed by atoms with E-state index in [1.165, 1.54) is 25.3 Å². The maximum Gasteiger partial charge on any atom is 0.305 e. The molecule has 1 aromatic rings. The first-order valence-corrected chi connectivity index (χ1v) is 5.73. The molecule has 0 fully saturated rings. The number of rotatable bonds is 6. The summed E-state index contributed by atoms with van der Waals surface area (Å²) < 4.78 is 31.3. The van der Waals surface area contributed by atoms with Crippen molar-refractivity contribution in [2.45, 2.75) is 19.4 Å². The third-order valence-corrected chi connectivity index (χ3v) is 2.64. The molecule has 1 rings (SSSR count). The molecule has 0 aliphatic rings. The molecular weight excluding hydrogens is 240 g/mol. The Morgan fingerprint density at radius 1 is 1.33 bits per heavy atom. The van der Waals surface area contributed by atoms with Gasteiger partial charge in [-0.05, 0) is 32.1 Å². The number of carbonyl (C=O) groups is 1. The predicted octanol–water partition coefficient (Wildman–Crippen LogP) is 2.35. The van der Waals surface area contributed by atoms with Crippen LogP contribution in [0.25, 0.3) is 0 Å². The minimum Gasteiger partial charge on any atom is -0.469 e. The summed E-state index contributed by atoms with van der Waals surface area (Å²) in [6.07, 6.45) is 0.903. The van der Waals surface area contributed by atoms with Crippen molar-refractivity contribution in [1.82, 2.24) is 4.90 Å². The van der Waals surface area contributed by atoms with Crippen LogP contribution in [0.4, 0.5) is 8.78 Å². The monoisotopic (exact) mass is 257 g/mol. The standard InChI is InChI=1S/C13H17F2NO2/c1-16(8-4-7-13(17)18-2)9-10-11(14)5-3-6-12(10)15/h3,5-6H,4,7-9H2,1-2H3. The minimum absolute atomic E-state index is 0.0538. The van der Waals surface area contributed by atoms with E-state index in [4.69, 9.17) is 0 Å². The van der Waals surface area contributed by atoms with E-state index in [1.54, 1.807) is 11.9 Å². The molecule has 0 N–H and O–H groups in total. The Bertz CT molecular complexity index is 390. The van der Waals surface area contributed by atoms with Crippen molar-refractivity contribution in [3.63, 3.8) is 0 Å². The highest BCUT2D eigenvalue weighted by molar-refractivity contribution is 5.69. The van der Waals surface area contributed by atoms with Gasteiger partial charge in [-0.1, -0.05) is 6.07 Å². The zero-order chi connectivity index (χ0) is 13.5. The molecule has 0 saturated carbocycles. The van der Waals surface area contributed by atoms with Gasteiger partial charge in [-0.15, -0.1) is 0 Å². The van der Waals surface area contributed by atoms with Gasteiger partial charge in [0.15, 0.2) is 0 Å². The lowest BCUT2D eigenvalue weighted by Gasteiger charge is -2.17. The Balaban J connectivity index is 2.45. The Labute approximate surface area is 105 Å². The summed E-state index contributed by atoms with van der Waals surface area (Å²) in [6, 6.07) is 3.81. The molecule has 0 amide bonds. The summed E-state index contributed by atoms with van der Waals surface area (Å²) in [6.45, 7) is 0.753. The lowest BCUT2D eigenvalue weighted by atomic mass is 10.2. The number of esters is 1. The largest absolute Gasteiger partial charge is 0.469 e. The number of ether oxygens (including phenoxy) is 1. The number of benzene rings is 1. The van der Waals surface area contributed by atoms with Crippen LogP contribution in [0, 0.1) is 11.6 Å². The molecule has 0 bridgehead atoms. The first-order chi connectivity index (χ1) is 8.54. The second kappa shape index (κ2) is 7.06. The van der Waals surface area contributed by atoms with Crippen molar-refractivity contribution in [2.75, 3.05) is 20.7 Å². The normalized spacial score (nSPS) is 10.7. The second-order valence-electron chi connectivity index (χ2n) is 4.12. The summed E-state index contributed by atoms with van der Waals surface area (Å²) in [4.78, 5) is 12.7. The molecule has 0 saturated heterocycles. The van der Waals surface area contributed by atoms with Crippen LogP contribution in [-0.4, -0.2) is 31.6 Å². The molecule has 0 radical (unpaired) electrons. The van der Waals surface area contributed by atoms with Crippen molar-refractivity contribution < 1.29 is 18.3 Å². The molecule has 0 atom stereocenters. The van der Waals surface area contributed by atoms with Crippen LogP contribution >= 0.6 is 0 Å². The molecular formula is C13H17F2NO2. The van der Waals surface area contributed by atoms with Crippen LogP contribution in [0.2, 0.25) is 0 Å². The van der Waals surface area contributed by atoms with Gasteiger partial charge in [-0.2, -0.15) is 0 Å². The molecule has 100 valence electrons. The summed E-state index contributed by atoms with van der Waals surface area (Å²) in [7, 11) is 3.09. The van der Waals surface area contributed by atoms with Crippen molar-refractivity contribution in [1.29, 1.82) is 0 Å². The molecule has 5 heteroatoms. The Hall–Kier alpha value is -1.49. The number of methoxy groups -OCH3 is 1. The Morgan fingerprint density at radius 3 is 2.50 bits per heavy atom. The Morgan fingerprint density at radius 2 is 1.94 bits per heavy atom. The van der Waals surface area contributed by atoms with E-state index in [1.807, 2.05) is 0 Å². The maximum absolute atomic E-state index is 13.4. The van der Waals surface area contributed by atoms with Gasteiger partial charge in [0.2, 0.25) is 0 Å². The van der Waals surface area contributed by atoms with Crippen LogP contribution in [0.3, 0.4) is 0 Å². The maximum atomic E-state index is 13.4. The molecule has 1 aromatic carbocycles. The smallest absolute Gasteiger partial charge is 0.305 e. The molecule has 0 unspecified atom stereocenters. The summed E-state index contributed by atoms with van der Waals surface area (Å²) >= 11 is 0. The average molecular weight is 257 g/mol. The molecule has 3 nitrogen and oxygen atoms in total. The lowest BCUT2D eigenvalue weighted by molar-refractivity contribution is -0.140. The van der Waals surface area contributed by atoms with Crippen molar-refractivity contribution >= 4 is 5.97 Å². The van der Waals surface area contributed by atoms with Crippen LogP contribution in [0.15, 0.2) is 18.2 Å². The first-order valence-electron chi connectivity index (χ1n) is 5.73. The van der Waals surface area contributed by atoms with Gasteiger partial charge in [0, 0.05) is 18.5 Å². The predicted molar refractivity (Wildman–Crippen MR) is 63.9 cm³/mol. The highest BCUT2D eigenvalue weighted by Crippen LogP contribution is 2.14. The van der Waals surface area contributed by atoms with Crippen LogP contribution in [-0.2, 0) is 16.1 Å². The van der Waals surface area contributed by atoms with E-state index in [2.05, 4.69) is 4.74 Å². The van der Waals surface area contributed by atoms with E-state index in [-0.39, 0.29) is 18.1 Å². The van der Waals surface area contributed by atoms with Gasteiger partial charge < -0.3 is 9.64 Å². The molecule has 0 aliphatic carbocycles. The van der Waals surface area contributed by atoms with Crippen molar-refractivity contribution in [2.24, 2.45) is 0 Å². The van der Waals surface area contributed by atoms with Crippen LogP contribution in [0.1, 0.15) is 18.4 Å². The van der Waals surface area contributed by atoms with E-state index >= 15 is 0 Å². The van der Waals surface area contributed by atoms with Gasteiger partial charge in [0.1, 0.15) is 11.6 Å². The van der Waals surface area contributed by atoms with Crippen LogP contribution < -0.4 is 0 Å². The fraction of sp³-hybridized carbons (Fsp3) is 0.462. The lowest BCUT2D eigenvalue weighted by Crippen LogP contribution is -2.21. The Kier molecular flexibility index (Phi) is 5.71. The summed E-state index contributed by atoms with van der Waals surface area (Å²) in [5.41, 5.74) is 0.0538. The fourth-order valence-electron chi connectivity index (χ4n) is 1.63. The highest BCUT2D eigenvalue weighted by Gasteiger charge is 2.11. The first kappa shape index (κ1) is 14.6. The van der Waals surface area contributed by atoms with Crippen molar-refractivity contribution in [3.05, 3.63) is 35.4 Å². The van der Waals surface area contributed by atoms with Crippen LogP contribution in [0.5, 0.6) is 0 Å². The number of hydrogen-bond donors (Lipinski definition) is 0. The second-order valence-corrected chi connectivity index (χ2v) is 4.12. The van der Waals surface area contributed by atoms with Gasteiger partial charge >= 0.3 is 5.97 Å². The average Bonchev–Trinajstić information content (AvgIpc) is 2.34. The third kappa shape index (κ3) is 4.41. The quantitative estimate of drug-likeness (QED) is 0.733.